The Morgan fingerprint density at radius 3 is 2.55 bits per heavy atom. The average molecular weight is 170 g/mol. The zero-order valence-electron chi connectivity index (χ0n) is 5.78. The fourth-order valence-corrected chi connectivity index (χ4v) is 1.06. The molecule has 0 atom stereocenters. The third-order valence-electron chi connectivity index (χ3n) is 1.29. The molecule has 0 heterocycles. The second kappa shape index (κ2) is 3.50. The highest BCUT2D eigenvalue weighted by molar-refractivity contribution is 7.72. The van der Waals surface area contributed by atoms with Crippen LogP contribution in [-0.2, 0) is 17.2 Å². The van der Waals surface area contributed by atoms with E-state index in [1.807, 2.05) is 0 Å². The first-order chi connectivity index (χ1) is 5.24. The van der Waals surface area contributed by atoms with E-state index in [9.17, 15) is 8.42 Å². The fourth-order valence-electron chi connectivity index (χ4n) is 0.689. The topological polar surface area (TPSA) is 60.2 Å². The molecule has 1 rings (SSSR count). The van der Waals surface area contributed by atoms with Crippen LogP contribution in [0.15, 0.2) is 23.1 Å². The number of rotatable bonds is 2. The molecule has 59 valence electrons. The van der Waals surface area contributed by atoms with E-state index >= 15 is 0 Å². The predicted molar refractivity (Wildman–Crippen MR) is 41.8 cm³/mol. The van der Waals surface area contributed by atoms with Gasteiger partial charge in [-0.2, -0.15) is 0 Å². The molecule has 0 aliphatic heterocycles. The van der Waals surface area contributed by atoms with Crippen molar-refractivity contribution in [1.82, 2.24) is 0 Å². The SMILES string of the molecule is NCc1[c]cc([SH](=O)=O)cc1. The Kier molecular flexibility index (Phi) is 2.62. The Hall–Kier alpha value is -0.870. The second-order valence-electron chi connectivity index (χ2n) is 2.03. The quantitative estimate of drug-likeness (QED) is 0.610. The van der Waals surface area contributed by atoms with Crippen LogP contribution in [0.5, 0.6) is 0 Å². The van der Waals surface area contributed by atoms with Crippen LogP contribution in [0, 0.1) is 6.07 Å². The van der Waals surface area contributed by atoms with Crippen LogP contribution in [0.4, 0.5) is 0 Å². The molecule has 0 saturated heterocycles. The van der Waals surface area contributed by atoms with Crippen LogP contribution in [0.2, 0.25) is 0 Å². The van der Waals surface area contributed by atoms with E-state index in [4.69, 9.17) is 5.73 Å². The van der Waals surface area contributed by atoms with Gasteiger partial charge in [0.25, 0.3) is 0 Å². The summed E-state index contributed by atoms with van der Waals surface area (Å²) in [7, 11) is -2.49. The average Bonchev–Trinajstić information content (AvgIpc) is 2.05. The maximum atomic E-state index is 10.4. The van der Waals surface area contributed by atoms with Gasteiger partial charge in [0, 0.05) is 6.54 Å². The zero-order chi connectivity index (χ0) is 8.27. The number of hydrogen-bond acceptors (Lipinski definition) is 3. The third-order valence-corrected chi connectivity index (χ3v) is 1.99. The molecule has 1 radical (unpaired) electrons. The first-order valence-electron chi connectivity index (χ1n) is 3.09. The number of nitrogens with two attached hydrogens (primary N) is 1. The molecule has 0 saturated carbocycles. The highest BCUT2D eigenvalue weighted by Gasteiger charge is 1.93. The van der Waals surface area contributed by atoms with Crippen molar-refractivity contribution in [3.63, 3.8) is 0 Å². The largest absolute Gasteiger partial charge is 0.326 e. The molecule has 2 N–H and O–H groups in total. The molecular weight excluding hydrogens is 162 g/mol. The van der Waals surface area contributed by atoms with E-state index in [1.165, 1.54) is 12.1 Å². The Morgan fingerprint density at radius 2 is 2.18 bits per heavy atom. The molecule has 0 unspecified atom stereocenters. The lowest BCUT2D eigenvalue weighted by atomic mass is 10.2. The lowest BCUT2D eigenvalue weighted by Crippen LogP contribution is -1.95. The molecule has 1 aromatic carbocycles. The number of hydrogen-bond donors (Lipinski definition) is 2. The van der Waals surface area contributed by atoms with Gasteiger partial charge < -0.3 is 5.73 Å². The summed E-state index contributed by atoms with van der Waals surface area (Å²) in [5, 5.41) is 0. The molecule has 0 aromatic heterocycles. The smallest absolute Gasteiger partial charge is 0.168 e. The molecule has 0 aliphatic rings. The maximum absolute atomic E-state index is 10.4. The molecule has 0 bridgehead atoms. The van der Waals surface area contributed by atoms with Gasteiger partial charge in [-0.3, -0.25) is 0 Å². The first kappa shape index (κ1) is 8.23. The van der Waals surface area contributed by atoms with Gasteiger partial charge in [0.1, 0.15) is 0 Å². The van der Waals surface area contributed by atoms with Gasteiger partial charge in [-0.1, -0.05) is 6.07 Å². The summed E-state index contributed by atoms with van der Waals surface area (Å²) in [5.74, 6) is 0. The molecule has 11 heavy (non-hydrogen) atoms. The lowest BCUT2D eigenvalue weighted by Gasteiger charge is -1.93. The minimum absolute atomic E-state index is 0.275. The monoisotopic (exact) mass is 170 g/mol. The van der Waals surface area contributed by atoms with E-state index in [0.29, 0.717) is 6.54 Å². The zero-order valence-corrected chi connectivity index (χ0v) is 6.67. The predicted octanol–water partition coefficient (Wildman–Crippen LogP) is -0.0842. The van der Waals surface area contributed by atoms with E-state index < -0.39 is 10.7 Å². The Bertz CT molecular complexity index is 295. The maximum Gasteiger partial charge on any atom is 0.168 e. The fraction of sp³-hybridized carbons (Fsp3) is 0.143. The normalized spacial score (nSPS) is 10.4. The van der Waals surface area contributed by atoms with Crippen LogP contribution in [0.1, 0.15) is 5.56 Å². The lowest BCUT2D eigenvalue weighted by molar-refractivity contribution is 0.614. The summed E-state index contributed by atoms with van der Waals surface area (Å²) in [6.45, 7) is 0.385. The minimum atomic E-state index is -2.49. The third kappa shape index (κ3) is 2.03. The summed E-state index contributed by atoms with van der Waals surface area (Å²) in [6, 6.07) is 7.36. The van der Waals surface area contributed by atoms with Crippen molar-refractivity contribution in [2.24, 2.45) is 5.73 Å². The minimum Gasteiger partial charge on any atom is -0.326 e. The molecule has 0 amide bonds. The summed E-state index contributed by atoms with van der Waals surface area (Å²) < 4.78 is 20.8. The van der Waals surface area contributed by atoms with Crippen molar-refractivity contribution in [3.05, 3.63) is 29.8 Å². The Morgan fingerprint density at radius 1 is 1.45 bits per heavy atom. The molecule has 0 aliphatic carbocycles. The van der Waals surface area contributed by atoms with Gasteiger partial charge in [0.05, 0.1) is 4.90 Å². The van der Waals surface area contributed by atoms with Crippen LogP contribution in [0.3, 0.4) is 0 Å². The summed E-state index contributed by atoms with van der Waals surface area (Å²) in [5.41, 5.74) is 6.10. The van der Waals surface area contributed by atoms with Gasteiger partial charge in [0.2, 0.25) is 0 Å². The van der Waals surface area contributed by atoms with Gasteiger partial charge in [-0.25, -0.2) is 8.42 Å². The van der Waals surface area contributed by atoms with Crippen molar-refractivity contribution in [3.8, 4) is 0 Å². The first-order valence-corrected chi connectivity index (χ1v) is 4.27. The second-order valence-corrected chi connectivity index (χ2v) is 3.06. The van der Waals surface area contributed by atoms with E-state index in [2.05, 4.69) is 6.07 Å². The highest BCUT2D eigenvalue weighted by atomic mass is 32.2. The molecule has 3 nitrogen and oxygen atoms in total. The summed E-state index contributed by atoms with van der Waals surface area (Å²) in [4.78, 5) is 0.275. The van der Waals surface area contributed by atoms with Crippen molar-refractivity contribution in [2.45, 2.75) is 11.4 Å². The van der Waals surface area contributed by atoms with Gasteiger partial charge in [0.15, 0.2) is 10.7 Å². The van der Waals surface area contributed by atoms with Gasteiger partial charge >= 0.3 is 0 Å². The van der Waals surface area contributed by atoms with Gasteiger partial charge in [-0.15, -0.1) is 0 Å². The van der Waals surface area contributed by atoms with E-state index in [-0.39, 0.29) is 4.90 Å². The molecule has 0 spiro atoms. The molecule has 0 fully saturated rings. The Labute approximate surface area is 66.8 Å². The van der Waals surface area contributed by atoms with Crippen molar-refractivity contribution >= 4 is 10.7 Å². The summed E-state index contributed by atoms with van der Waals surface area (Å²) >= 11 is 0. The standard InChI is InChI=1S/C7H8NO2S/c8-5-6-1-3-7(4-2-6)11(9)10/h1,3-4,11H,5,8H2. The molecule has 4 heteroatoms. The van der Waals surface area contributed by atoms with Crippen LogP contribution in [0.25, 0.3) is 0 Å². The van der Waals surface area contributed by atoms with Crippen LogP contribution >= 0.6 is 0 Å². The Balaban J connectivity index is 3.01. The van der Waals surface area contributed by atoms with Crippen molar-refractivity contribution in [1.29, 1.82) is 0 Å². The number of thiol groups is 1. The van der Waals surface area contributed by atoms with E-state index in [0.717, 1.165) is 5.56 Å². The number of benzene rings is 1. The van der Waals surface area contributed by atoms with E-state index in [1.54, 1.807) is 6.07 Å². The highest BCUT2D eigenvalue weighted by Crippen LogP contribution is 2.03. The van der Waals surface area contributed by atoms with Crippen LogP contribution < -0.4 is 5.73 Å². The van der Waals surface area contributed by atoms with Gasteiger partial charge in [-0.05, 0) is 23.8 Å². The van der Waals surface area contributed by atoms with Crippen LogP contribution in [-0.4, -0.2) is 8.42 Å². The van der Waals surface area contributed by atoms with Crippen molar-refractivity contribution in [2.75, 3.05) is 0 Å². The molecular formula is C7H8NO2S. The van der Waals surface area contributed by atoms with Crippen molar-refractivity contribution < 1.29 is 8.42 Å². The summed E-state index contributed by atoms with van der Waals surface area (Å²) in [6.07, 6.45) is 0. The molecule has 1 aromatic rings.